The molecule has 0 fully saturated rings. The summed E-state index contributed by atoms with van der Waals surface area (Å²) in [5, 5.41) is 12.4. The monoisotopic (exact) mass is 319 g/mol. The molecule has 0 unspecified atom stereocenters. The van der Waals surface area contributed by atoms with Gasteiger partial charge in [-0.3, -0.25) is 0 Å². The topological polar surface area (TPSA) is 84.5 Å². The first-order valence-corrected chi connectivity index (χ1v) is 7.02. The van der Waals surface area contributed by atoms with Crippen molar-refractivity contribution in [2.75, 3.05) is 0 Å². The highest BCUT2D eigenvalue weighted by Gasteiger charge is 2.49. The molecule has 0 saturated carbocycles. The summed E-state index contributed by atoms with van der Waals surface area (Å²) in [7, 11) is -5.79. The second-order valence-electron chi connectivity index (χ2n) is 3.98. The molecule has 2 aromatic rings. The van der Waals surface area contributed by atoms with Crippen LogP contribution in [0.5, 0.6) is 5.88 Å². The Morgan fingerprint density at radius 3 is 2.62 bits per heavy atom. The highest BCUT2D eigenvalue weighted by Crippen LogP contribution is 2.30. The van der Waals surface area contributed by atoms with E-state index < -0.39 is 21.5 Å². The molecule has 0 amide bonds. The van der Waals surface area contributed by atoms with Crippen molar-refractivity contribution in [3.63, 3.8) is 0 Å². The van der Waals surface area contributed by atoms with Gasteiger partial charge < -0.3 is 4.18 Å². The minimum atomic E-state index is -5.79. The number of aromatic nitrogens is 2. The third-order valence-electron chi connectivity index (χ3n) is 2.65. The number of aryl methyl sites for hydroxylation is 1. The van der Waals surface area contributed by atoms with Crippen LogP contribution in [0, 0.1) is 11.3 Å². The molecule has 0 aliphatic carbocycles. The summed E-state index contributed by atoms with van der Waals surface area (Å²) in [4.78, 5) is 0. The van der Waals surface area contributed by atoms with E-state index in [4.69, 9.17) is 5.26 Å². The first kappa shape index (κ1) is 15.1. The van der Waals surface area contributed by atoms with E-state index in [1.165, 1.54) is 18.3 Å². The number of alkyl halides is 3. The van der Waals surface area contributed by atoms with Crippen molar-refractivity contribution in [1.82, 2.24) is 9.61 Å². The number of nitrogens with zero attached hydrogens (tertiary/aromatic N) is 3. The molecule has 112 valence electrons. The zero-order valence-corrected chi connectivity index (χ0v) is 11.4. The maximum atomic E-state index is 12.3. The molecule has 2 heterocycles. The van der Waals surface area contributed by atoms with Crippen molar-refractivity contribution in [2.24, 2.45) is 0 Å². The van der Waals surface area contributed by atoms with Crippen LogP contribution >= 0.6 is 0 Å². The number of hydrogen-bond donors (Lipinski definition) is 0. The molecular weight excluding hydrogens is 311 g/mol. The fourth-order valence-electron chi connectivity index (χ4n) is 1.70. The minimum absolute atomic E-state index is 0.201. The first-order chi connectivity index (χ1) is 9.69. The molecule has 2 rings (SSSR count). The molecule has 0 atom stereocenters. The second-order valence-corrected chi connectivity index (χ2v) is 5.52. The standard InChI is InChI=1S/C11H8F3N3O3S/c1-2-8-9-4-3-7(5-15)6-17(9)16-10(8)20-21(18,19)11(12,13)14/h3-4,6H,2H2,1H3. The van der Waals surface area contributed by atoms with Crippen LogP contribution < -0.4 is 4.18 Å². The normalized spacial score (nSPS) is 12.3. The van der Waals surface area contributed by atoms with E-state index in [2.05, 4.69) is 9.28 Å². The van der Waals surface area contributed by atoms with Gasteiger partial charge in [0.2, 0.25) is 0 Å². The lowest BCUT2D eigenvalue weighted by molar-refractivity contribution is -0.0501. The highest BCUT2D eigenvalue weighted by molar-refractivity contribution is 7.87. The van der Waals surface area contributed by atoms with E-state index in [9.17, 15) is 21.6 Å². The molecule has 0 N–H and O–H groups in total. The van der Waals surface area contributed by atoms with Crippen LogP contribution in [0.1, 0.15) is 18.1 Å². The third kappa shape index (κ3) is 2.64. The molecule has 0 saturated heterocycles. The van der Waals surface area contributed by atoms with Gasteiger partial charge in [0.05, 0.1) is 11.1 Å². The maximum absolute atomic E-state index is 12.3. The van der Waals surface area contributed by atoms with Gasteiger partial charge >= 0.3 is 15.6 Å². The van der Waals surface area contributed by atoms with Gasteiger partial charge in [0.1, 0.15) is 6.07 Å². The van der Waals surface area contributed by atoms with Crippen LogP contribution in [0.2, 0.25) is 0 Å². The van der Waals surface area contributed by atoms with Gasteiger partial charge in [-0.05, 0) is 18.6 Å². The summed E-state index contributed by atoms with van der Waals surface area (Å²) in [6, 6.07) is 4.74. The van der Waals surface area contributed by atoms with Crippen LogP contribution in [-0.2, 0) is 16.5 Å². The zero-order valence-electron chi connectivity index (χ0n) is 10.5. The van der Waals surface area contributed by atoms with E-state index in [0.717, 1.165) is 4.52 Å². The van der Waals surface area contributed by atoms with Crippen LogP contribution in [0.3, 0.4) is 0 Å². The van der Waals surface area contributed by atoms with Gasteiger partial charge in [-0.25, -0.2) is 4.52 Å². The quantitative estimate of drug-likeness (QED) is 0.638. The predicted molar refractivity (Wildman–Crippen MR) is 64.9 cm³/mol. The van der Waals surface area contributed by atoms with Gasteiger partial charge in [0.25, 0.3) is 5.88 Å². The van der Waals surface area contributed by atoms with Crippen LogP contribution in [0.15, 0.2) is 18.3 Å². The lowest BCUT2D eigenvalue weighted by atomic mass is 10.2. The number of fused-ring (bicyclic) bond motifs is 1. The third-order valence-corrected chi connectivity index (χ3v) is 3.59. The zero-order chi connectivity index (χ0) is 15.8. The molecule has 0 aliphatic heterocycles. The van der Waals surface area contributed by atoms with Crippen molar-refractivity contribution in [2.45, 2.75) is 18.9 Å². The maximum Gasteiger partial charge on any atom is 0.534 e. The lowest BCUT2D eigenvalue weighted by Crippen LogP contribution is -2.28. The summed E-state index contributed by atoms with van der Waals surface area (Å²) >= 11 is 0. The Morgan fingerprint density at radius 2 is 2.10 bits per heavy atom. The molecule has 6 nitrogen and oxygen atoms in total. The van der Waals surface area contributed by atoms with E-state index in [1.807, 2.05) is 6.07 Å². The molecule has 10 heteroatoms. The Morgan fingerprint density at radius 1 is 1.43 bits per heavy atom. The Kier molecular flexibility index (Phi) is 3.54. The number of rotatable bonds is 3. The molecule has 0 aromatic carbocycles. The van der Waals surface area contributed by atoms with E-state index in [0.29, 0.717) is 5.52 Å². The molecule has 0 bridgehead atoms. The van der Waals surface area contributed by atoms with Crippen LogP contribution in [0.4, 0.5) is 13.2 Å². The van der Waals surface area contributed by atoms with Gasteiger partial charge in [-0.2, -0.15) is 26.9 Å². The largest absolute Gasteiger partial charge is 0.534 e. The summed E-state index contributed by atoms with van der Waals surface area (Å²) in [5.41, 5.74) is -4.75. The summed E-state index contributed by atoms with van der Waals surface area (Å²) in [6.07, 6.45) is 1.47. The number of hydrogen-bond acceptors (Lipinski definition) is 5. The van der Waals surface area contributed by atoms with Crippen molar-refractivity contribution < 1.29 is 25.8 Å². The van der Waals surface area contributed by atoms with Crippen LogP contribution in [-0.4, -0.2) is 23.5 Å². The smallest absolute Gasteiger partial charge is 0.353 e. The summed E-state index contributed by atoms with van der Waals surface area (Å²) in [5.74, 6) is -0.648. The Labute approximate surface area is 117 Å². The Balaban J connectivity index is 2.58. The average molecular weight is 319 g/mol. The molecule has 2 aromatic heterocycles. The summed E-state index contributed by atoms with van der Waals surface area (Å²) in [6.45, 7) is 1.61. The Bertz CT molecular complexity index is 834. The fourth-order valence-corrected chi connectivity index (χ4v) is 2.13. The summed E-state index contributed by atoms with van der Waals surface area (Å²) < 4.78 is 64.3. The predicted octanol–water partition coefficient (Wildman–Crippen LogP) is 2.00. The van der Waals surface area contributed by atoms with Gasteiger partial charge in [0, 0.05) is 11.8 Å². The van der Waals surface area contributed by atoms with Gasteiger partial charge in [0.15, 0.2) is 0 Å². The second kappa shape index (κ2) is 4.92. The van der Waals surface area contributed by atoms with Gasteiger partial charge in [-0.15, -0.1) is 5.10 Å². The number of pyridine rings is 1. The lowest BCUT2D eigenvalue weighted by Gasteiger charge is -2.07. The first-order valence-electron chi connectivity index (χ1n) is 5.61. The van der Waals surface area contributed by atoms with Gasteiger partial charge in [-0.1, -0.05) is 6.92 Å². The van der Waals surface area contributed by atoms with Crippen molar-refractivity contribution in [3.05, 3.63) is 29.5 Å². The minimum Gasteiger partial charge on any atom is -0.353 e. The molecule has 0 radical (unpaired) electrons. The highest BCUT2D eigenvalue weighted by atomic mass is 32.2. The number of halogens is 3. The van der Waals surface area contributed by atoms with Crippen molar-refractivity contribution >= 4 is 15.6 Å². The number of nitriles is 1. The molecule has 0 spiro atoms. The van der Waals surface area contributed by atoms with Crippen molar-refractivity contribution in [1.29, 1.82) is 5.26 Å². The molecular formula is C11H8F3N3O3S. The Hall–Kier alpha value is -2.28. The molecule has 0 aliphatic rings. The van der Waals surface area contributed by atoms with E-state index in [-0.39, 0.29) is 17.5 Å². The van der Waals surface area contributed by atoms with E-state index in [1.54, 1.807) is 6.92 Å². The molecule has 21 heavy (non-hydrogen) atoms. The van der Waals surface area contributed by atoms with E-state index >= 15 is 0 Å². The van der Waals surface area contributed by atoms with Crippen LogP contribution in [0.25, 0.3) is 5.52 Å². The van der Waals surface area contributed by atoms with Crippen molar-refractivity contribution in [3.8, 4) is 11.9 Å². The SMILES string of the molecule is CCc1c(OS(=O)(=O)C(F)(F)F)nn2cc(C#N)ccc12. The fraction of sp³-hybridized carbons (Fsp3) is 0.273. The average Bonchev–Trinajstić information content (AvgIpc) is 2.72.